The second kappa shape index (κ2) is 30.7. The Bertz CT molecular complexity index is 2010. The SMILES string of the molecule is CC(C)(O)C(=O)c1ccc(C(OCCOCCOCCOCCOCCOCCOCCOCCOC(c2ccc(C(=O)C(C)(C)O)cc2)c2ccc(C(=O)C(C)(C)O)cc2)c2ccc(C(=O)C(C)(C)O)cc2)cc1. The van der Waals surface area contributed by atoms with Gasteiger partial charge in [-0.1, -0.05) is 97.1 Å². The van der Waals surface area contributed by atoms with Gasteiger partial charge in [0.1, 0.15) is 34.6 Å². The van der Waals surface area contributed by atoms with Crippen molar-refractivity contribution in [1.82, 2.24) is 0 Å². The van der Waals surface area contributed by atoms with E-state index >= 15 is 0 Å². The van der Waals surface area contributed by atoms with Gasteiger partial charge in [-0.2, -0.15) is 0 Å². The summed E-state index contributed by atoms with van der Waals surface area (Å²) in [5, 5.41) is 40.7. The van der Waals surface area contributed by atoms with Crippen LogP contribution in [0.15, 0.2) is 97.1 Å². The van der Waals surface area contributed by atoms with Crippen LogP contribution in [0.3, 0.4) is 0 Å². The molecule has 17 heteroatoms. The first-order valence-electron chi connectivity index (χ1n) is 25.2. The highest BCUT2D eigenvalue weighted by Crippen LogP contribution is 2.30. The Kier molecular flexibility index (Phi) is 25.6. The molecule has 17 nitrogen and oxygen atoms in total. The summed E-state index contributed by atoms with van der Waals surface area (Å²) in [6.07, 6.45) is -1.09. The first-order chi connectivity index (χ1) is 35.5. The fraction of sp³-hybridized carbons (Fsp3) is 0.517. The molecule has 0 fully saturated rings. The fourth-order valence-electron chi connectivity index (χ4n) is 7.29. The van der Waals surface area contributed by atoms with Gasteiger partial charge in [0.15, 0.2) is 23.1 Å². The summed E-state index contributed by atoms with van der Waals surface area (Å²) >= 11 is 0. The van der Waals surface area contributed by atoms with Crippen molar-refractivity contribution < 1.29 is 82.2 Å². The molecule has 0 amide bonds. The predicted molar refractivity (Wildman–Crippen MR) is 280 cm³/mol. The molecule has 0 aliphatic rings. The van der Waals surface area contributed by atoms with Gasteiger partial charge in [-0.05, 0) is 77.6 Å². The maximum atomic E-state index is 12.6. The van der Waals surface area contributed by atoms with Crippen molar-refractivity contribution in [2.24, 2.45) is 0 Å². The van der Waals surface area contributed by atoms with E-state index in [1.54, 1.807) is 97.1 Å². The number of carbonyl (C=O) groups excluding carboxylic acids is 4. The molecule has 4 aromatic carbocycles. The summed E-state index contributed by atoms with van der Waals surface area (Å²) in [5.74, 6) is -1.60. The van der Waals surface area contributed by atoms with Crippen molar-refractivity contribution in [3.05, 3.63) is 142 Å². The highest BCUT2D eigenvalue weighted by atomic mass is 16.6. The van der Waals surface area contributed by atoms with Crippen LogP contribution in [0.5, 0.6) is 0 Å². The molecule has 4 N–H and O–H groups in total. The summed E-state index contributed by atoms with van der Waals surface area (Å²) in [6.45, 7) is 17.2. The summed E-state index contributed by atoms with van der Waals surface area (Å²) < 4.78 is 51.8. The van der Waals surface area contributed by atoms with Crippen molar-refractivity contribution in [1.29, 1.82) is 0 Å². The molecular formula is C58H78O17. The van der Waals surface area contributed by atoms with E-state index in [1.165, 1.54) is 55.4 Å². The third-order valence-corrected chi connectivity index (χ3v) is 11.4. The molecule has 0 atom stereocenters. The Morgan fingerprint density at radius 3 is 0.587 bits per heavy atom. The van der Waals surface area contributed by atoms with E-state index in [0.29, 0.717) is 102 Å². The minimum Gasteiger partial charge on any atom is -0.382 e. The summed E-state index contributed by atoms with van der Waals surface area (Å²) in [5.41, 5.74) is -1.52. The van der Waals surface area contributed by atoms with Crippen LogP contribution in [0.2, 0.25) is 0 Å². The quantitative estimate of drug-likeness (QED) is 0.0276. The van der Waals surface area contributed by atoms with Gasteiger partial charge in [0.25, 0.3) is 0 Å². The average Bonchev–Trinajstić information content (AvgIpc) is 3.37. The number of benzene rings is 4. The molecule has 0 spiro atoms. The van der Waals surface area contributed by atoms with Crippen LogP contribution in [-0.2, 0) is 42.6 Å². The zero-order valence-corrected chi connectivity index (χ0v) is 44.8. The van der Waals surface area contributed by atoms with Gasteiger partial charge in [-0.3, -0.25) is 19.2 Å². The lowest BCUT2D eigenvalue weighted by Gasteiger charge is -2.21. The maximum absolute atomic E-state index is 12.6. The minimum absolute atomic E-state index is 0.243. The summed E-state index contributed by atoms with van der Waals surface area (Å²) in [6, 6.07) is 27.3. The van der Waals surface area contributed by atoms with Crippen molar-refractivity contribution in [3.63, 3.8) is 0 Å². The van der Waals surface area contributed by atoms with Crippen LogP contribution in [0.25, 0.3) is 0 Å². The van der Waals surface area contributed by atoms with Gasteiger partial charge >= 0.3 is 0 Å². The second-order valence-corrected chi connectivity index (χ2v) is 19.8. The second-order valence-electron chi connectivity index (χ2n) is 19.8. The normalized spacial score (nSPS) is 12.5. The third kappa shape index (κ3) is 21.9. The van der Waals surface area contributed by atoms with E-state index in [2.05, 4.69) is 0 Å². The van der Waals surface area contributed by atoms with E-state index in [4.69, 9.17) is 42.6 Å². The van der Waals surface area contributed by atoms with Crippen LogP contribution in [0.1, 0.15) is 131 Å². The zero-order valence-electron chi connectivity index (χ0n) is 44.8. The molecule has 0 bridgehead atoms. The lowest BCUT2D eigenvalue weighted by Crippen LogP contribution is -2.31. The zero-order chi connectivity index (χ0) is 55.1. The van der Waals surface area contributed by atoms with Gasteiger partial charge < -0.3 is 63.1 Å². The topological polar surface area (TPSA) is 232 Å². The molecule has 0 aliphatic heterocycles. The van der Waals surface area contributed by atoms with Crippen LogP contribution < -0.4 is 0 Å². The van der Waals surface area contributed by atoms with Crippen molar-refractivity contribution >= 4 is 23.1 Å². The molecular weight excluding hydrogens is 969 g/mol. The number of aliphatic hydroxyl groups is 4. The third-order valence-electron chi connectivity index (χ3n) is 11.4. The smallest absolute Gasteiger partial charge is 0.193 e. The lowest BCUT2D eigenvalue weighted by atomic mass is 9.92. The molecule has 0 saturated heterocycles. The number of carbonyl (C=O) groups is 4. The number of ether oxygens (including phenoxy) is 9. The molecule has 0 aliphatic carbocycles. The standard InChI is InChI=1S/C58H78O17/c1-55(2,63)51(59)45-17-9-41(10-18-45)49(42-11-19-46(20-12-42)52(60)56(3,4)64)74-39-37-72-35-33-70-31-29-68-27-25-67-26-28-69-30-32-71-34-36-73-38-40-75-50(43-13-21-47(22-14-43)53(61)57(5,6)65)44-15-23-48(24-16-44)54(62)58(7,8)66/h9-24,49-50,63-66H,25-40H2,1-8H3. The van der Waals surface area contributed by atoms with Crippen molar-refractivity contribution in [3.8, 4) is 0 Å². The molecule has 0 aromatic heterocycles. The number of ketones is 4. The summed E-state index contributed by atoms with van der Waals surface area (Å²) in [4.78, 5) is 50.3. The van der Waals surface area contributed by atoms with E-state index < -0.39 is 57.7 Å². The maximum Gasteiger partial charge on any atom is 0.193 e. The number of hydrogen-bond donors (Lipinski definition) is 4. The number of hydrogen-bond acceptors (Lipinski definition) is 17. The Hall–Kier alpha value is -4.96. The molecule has 412 valence electrons. The predicted octanol–water partition coefficient (Wildman–Crippen LogP) is 6.53. The van der Waals surface area contributed by atoms with Gasteiger partial charge in [0.2, 0.25) is 0 Å². The van der Waals surface area contributed by atoms with Crippen molar-refractivity contribution in [2.45, 2.75) is 90.0 Å². The number of Topliss-reactive ketones (excluding diaryl/α,β-unsaturated/α-hetero) is 4. The van der Waals surface area contributed by atoms with Gasteiger partial charge in [0, 0.05) is 22.3 Å². The molecule has 0 unspecified atom stereocenters. The number of rotatable bonds is 38. The minimum atomic E-state index is -1.51. The monoisotopic (exact) mass is 1050 g/mol. The van der Waals surface area contributed by atoms with Crippen LogP contribution >= 0.6 is 0 Å². The van der Waals surface area contributed by atoms with Crippen LogP contribution in [-0.4, -0.2) is 172 Å². The first-order valence-corrected chi connectivity index (χ1v) is 25.2. The summed E-state index contributed by atoms with van der Waals surface area (Å²) in [7, 11) is 0. The van der Waals surface area contributed by atoms with Crippen LogP contribution in [0, 0.1) is 0 Å². The Labute approximate surface area is 441 Å². The highest BCUT2D eigenvalue weighted by molar-refractivity contribution is 6.03. The Morgan fingerprint density at radius 2 is 0.440 bits per heavy atom. The van der Waals surface area contributed by atoms with Gasteiger partial charge in [-0.25, -0.2) is 0 Å². The highest BCUT2D eigenvalue weighted by Gasteiger charge is 2.29. The molecule has 4 aromatic rings. The molecule has 0 heterocycles. The average molecular weight is 1050 g/mol. The largest absolute Gasteiger partial charge is 0.382 e. The van der Waals surface area contributed by atoms with E-state index in [9.17, 15) is 39.6 Å². The molecule has 4 rings (SSSR count). The molecule has 0 saturated carbocycles. The van der Waals surface area contributed by atoms with Gasteiger partial charge in [0.05, 0.1) is 106 Å². The first kappa shape index (κ1) is 62.6. The Morgan fingerprint density at radius 1 is 0.293 bits per heavy atom. The van der Waals surface area contributed by atoms with Gasteiger partial charge in [-0.15, -0.1) is 0 Å². The van der Waals surface area contributed by atoms with E-state index in [1.807, 2.05) is 0 Å². The molecule has 0 radical (unpaired) electrons. The van der Waals surface area contributed by atoms with E-state index in [0.717, 1.165) is 22.3 Å². The van der Waals surface area contributed by atoms with E-state index in [-0.39, 0.29) is 26.4 Å². The van der Waals surface area contributed by atoms with Crippen molar-refractivity contribution in [2.75, 3.05) is 106 Å². The lowest BCUT2D eigenvalue weighted by molar-refractivity contribution is -0.0282. The Balaban J connectivity index is 1.01. The molecule has 75 heavy (non-hydrogen) atoms. The van der Waals surface area contributed by atoms with Crippen LogP contribution in [0.4, 0.5) is 0 Å². The fourth-order valence-corrected chi connectivity index (χ4v) is 7.29.